The maximum atomic E-state index is 13.9. The molecule has 0 aliphatic carbocycles. The molecule has 0 saturated carbocycles. The van der Waals surface area contributed by atoms with E-state index in [1.54, 1.807) is 16.8 Å². The van der Waals surface area contributed by atoms with Crippen LogP contribution in [0.15, 0.2) is 24.3 Å². The molecule has 1 aromatic heterocycles. The van der Waals surface area contributed by atoms with E-state index in [9.17, 15) is 4.39 Å². The van der Waals surface area contributed by atoms with E-state index < -0.39 is 0 Å². The Kier molecular flexibility index (Phi) is 3.54. The van der Waals surface area contributed by atoms with Crippen molar-refractivity contribution in [1.29, 1.82) is 0 Å². The molecule has 2 aromatic rings. The molecule has 1 unspecified atom stereocenters. The summed E-state index contributed by atoms with van der Waals surface area (Å²) in [4.78, 5) is 0. The molecule has 2 heterocycles. The highest BCUT2D eigenvalue weighted by atomic mass is 19.1. The number of hydrogen-bond donors (Lipinski definition) is 1. The fraction of sp³-hybridized carbons (Fsp3) is 0.400. The molecule has 1 N–H and O–H groups in total. The van der Waals surface area contributed by atoms with Gasteiger partial charge in [0, 0.05) is 17.8 Å². The number of nitrogens with zero attached hydrogens (tertiary/aromatic N) is 2. The molecule has 1 saturated heterocycles. The Morgan fingerprint density at radius 3 is 2.85 bits per heavy atom. The Morgan fingerprint density at radius 2 is 2.15 bits per heavy atom. The van der Waals surface area contributed by atoms with Crippen LogP contribution in [-0.2, 0) is 4.74 Å². The Labute approximate surface area is 117 Å². The lowest BCUT2D eigenvalue weighted by atomic mass is 10.0. The van der Waals surface area contributed by atoms with Gasteiger partial charge in [0.25, 0.3) is 0 Å². The zero-order valence-corrected chi connectivity index (χ0v) is 11.7. The minimum absolute atomic E-state index is 0.129. The summed E-state index contributed by atoms with van der Waals surface area (Å²) in [5.74, 6) is -0.266. The lowest BCUT2D eigenvalue weighted by Crippen LogP contribution is -2.35. The van der Waals surface area contributed by atoms with Crippen LogP contribution in [0.2, 0.25) is 0 Å². The van der Waals surface area contributed by atoms with E-state index in [0.29, 0.717) is 12.3 Å². The summed E-state index contributed by atoms with van der Waals surface area (Å²) in [6, 6.07) is 6.82. The molecule has 1 aliphatic heterocycles. The Morgan fingerprint density at radius 1 is 1.35 bits per heavy atom. The van der Waals surface area contributed by atoms with Crippen molar-refractivity contribution in [3.63, 3.8) is 0 Å². The van der Waals surface area contributed by atoms with Crippen molar-refractivity contribution >= 4 is 0 Å². The number of nitrogens with one attached hydrogen (secondary N) is 1. The minimum Gasteiger partial charge on any atom is -0.378 e. The highest BCUT2D eigenvalue weighted by Crippen LogP contribution is 2.26. The Hall–Kier alpha value is -1.72. The van der Waals surface area contributed by atoms with Gasteiger partial charge in [-0.05, 0) is 26.0 Å². The quantitative estimate of drug-likeness (QED) is 0.914. The zero-order valence-electron chi connectivity index (χ0n) is 11.7. The molecule has 0 radical (unpaired) electrons. The van der Waals surface area contributed by atoms with Gasteiger partial charge in [0.1, 0.15) is 11.5 Å². The maximum Gasteiger partial charge on any atom is 0.148 e. The molecule has 0 bridgehead atoms. The molecule has 1 aromatic carbocycles. The third kappa shape index (κ3) is 2.23. The summed E-state index contributed by atoms with van der Waals surface area (Å²) in [5, 5.41) is 7.92. The van der Waals surface area contributed by atoms with Crippen molar-refractivity contribution in [1.82, 2.24) is 15.1 Å². The SMILES string of the molecule is Cc1nn(-c2ccccc2F)c(C)c1C1COCCN1. The molecule has 0 amide bonds. The van der Waals surface area contributed by atoms with Crippen LogP contribution in [-0.4, -0.2) is 29.5 Å². The van der Waals surface area contributed by atoms with Crippen LogP contribution in [0.3, 0.4) is 0 Å². The number of morpholine rings is 1. The lowest BCUT2D eigenvalue weighted by molar-refractivity contribution is 0.0765. The molecule has 4 nitrogen and oxygen atoms in total. The van der Waals surface area contributed by atoms with Gasteiger partial charge in [-0.1, -0.05) is 12.1 Å². The number of aryl methyl sites for hydroxylation is 1. The fourth-order valence-corrected chi connectivity index (χ4v) is 2.77. The Balaban J connectivity index is 2.04. The van der Waals surface area contributed by atoms with E-state index in [1.807, 2.05) is 19.9 Å². The highest BCUT2D eigenvalue weighted by Gasteiger charge is 2.24. The number of ether oxygens (including phenoxy) is 1. The van der Waals surface area contributed by atoms with E-state index in [1.165, 1.54) is 6.07 Å². The van der Waals surface area contributed by atoms with E-state index in [-0.39, 0.29) is 11.9 Å². The van der Waals surface area contributed by atoms with Gasteiger partial charge in [-0.25, -0.2) is 9.07 Å². The summed E-state index contributed by atoms with van der Waals surface area (Å²) in [7, 11) is 0. The van der Waals surface area contributed by atoms with Gasteiger partial charge in [-0.3, -0.25) is 0 Å². The van der Waals surface area contributed by atoms with Crippen molar-refractivity contribution in [2.45, 2.75) is 19.9 Å². The smallest absolute Gasteiger partial charge is 0.148 e. The van der Waals surface area contributed by atoms with Crippen molar-refractivity contribution in [2.24, 2.45) is 0 Å². The van der Waals surface area contributed by atoms with E-state index in [2.05, 4.69) is 10.4 Å². The van der Waals surface area contributed by atoms with Gasteiger partial charge in [0.05, 0.1) is 24.9 Å². The van der Waals surface area contributed by atoms with Crippen molar-refractivity contribution < 1.29 is 9.13 Å². The van der Waals surface area contributed by atoms with Crippen LogP contribution < -0.4 is 5.32 Å². The first-order valence-electron chi connectivity index (χ1n) is 6.80. The average molecular weight is 275 g/mol. The maximum absolute atomic E-state index is 13.9. The number of benzene rings is 1. The largest absolute Gasteiger partial charge is 0.378 e. The van der Waals surface area contributed by atoms with E-state index >= 15 is 0 Å². The van der Waals surface area contributed by atoms with Gasteiger partial charge in [-0.15, -0.1) is 0 Å². The second-order valence-corrected chi connectivity index (χ2v) is 5.03. The molecule has 5 heteroatoms. The van der Waals surface area contributed by atoms with Crippen molar-refractivity contribution in [3.05, 3.63) is 47.0 Å². The van der Waals surface area contributed by atoms with Crippen LogP contribution in [0.25, 0.3) is 5.69 Å². The van der Waals surface area contributed by atoms with Gasteiger partial charge >= 0.3 is 0 Å². The number of hydrogen-bond acceptors (Lipinski definition) is 3. The van der Waals surface area contributed by atoms with Gasteiger partial charge in [0.2, 0.25) is 0 Å². The number of aromatic nitrogens is 2. The third-order valence-corrected chi connectivity index (χ3v) is 3.70. The van der Waals surface area contributed by atoms with Crippen LogP contribution in [0.1, 0.15) is 23.0 Å². The van der Waals surface area contributed by atoms with Crippen LogP contribution in [0.5, 0.6) is 0 Å². The van der Waals surface area contributed by atoms with Gasteiger partial charge < -0.3 is 10.1 Å². The minimum atomic E-state index is -0.266. The summed E-state index contributed by atoms with van der Waals surface area (Å²) in [5.41, 5.74) is 3.45. The van der Waals surface area contributed by atoms with Gasteiger partial charge in [-0.2, -0.15) is 5.10 Å². The third-order valence-electron chi connectivity index (χ3n) is 3.70. The summed E-state index contributed by atoms with van der Waals surface area (Å²) in [6.45, 7) is 6.11. The van der Waals surface area contributed by atoms with Crippen LogP contribution >= 0.6 is 0 Å². The topological polar surface area (TPSA) is 39.1 Å². The molecule has 106 valence electrons. The van der Waals surface area contributed by atoms with Gasteiger partial charge in [0.15, 0.2) is 0 Å². The van der Waals surface area contributed by atoms with Crippen LogP contribution in [0.4, 0.5) is 4.39 Å². The predicted molar refractivity (Wildman–Crippen MR) is 74.6 cm³/mol. The van der Waals surface area contributed by atoms with E-state index in [0.717, 1.165) is 30.1 Å². The molecular formula is C15H18FN3O. The number of para-hydroxylation sites is 1. The zero-order chi connectivity index (χ0) is 14.1. The molecule has 1 atom stereocenters. The molecule has 3 rings (SSSR count). The first kappa shape index (κ1) is 13.3. The highest BCUT2D eigenvalue weighted by molar-refractivity contribution is 5.39. The lowest BCUT2D eigenvalue weighted by Gasteiger charge is -2.24. The average Bonchev–Trinajstić information content (AvgIpc) is 2.75. The second kappa shape index (κ2) is 5.34. The molecule has 1 aliphatic rings. The predicted octanol–water partition coefficient (Wildman–Crippen LogP) is 2.29. The van der Waals surface area contributed by atoms with Crippen molar-refractivity contribution in [3.8, 4) is 5.69 Å². The van der Waals surface area contributed by atoms with E-state index in [4.69, 9.17) is 4.74 Å². The monoisotopic (exact) mass is 275 g/mol. The number of rotatable bonds is 2. The molecule has 0 spiro atoms. The fourth-order valence-electron chi connectivity index (χ4n) is 2.77. The first-order chi connectivity index (χ1) is 9.68. The first-order valence-corrected chi connectivity index (χ1v) is 6.80. The van der Waals surface area contributed by atoms with Crippen LogP contribution in [0, 0.1) is 19.7 Å². The second-order valence-electron chi connectivity index (χ2n) is 5.03. The summed E-state index contributed by atoms with van der Waals surface area (Å²) >= 11 is 0. The summed E-state index contributed by atoms with van der Waals surface area (Å²) in [6.07, 6.45) is 0. The Bertz CT molecular complexity index is 618. The number of halogens is 1. The van der Waals surface area contributed by atoms with Crippen molar-refractivity contribution in [2.75, 3.05) is 19.8 Å². The normalized spacial score (nSPS) is 19.2. The summed E-state index contributed by atoms with van der Waals surface area (Å²) < 4.78 is 21.1. The molecular weight excluding hydrogens is 257 g/mol. The molecule has 1 fully saturated rings. The molecule has 20 heavy (non-hydrogen) atoms. The standard InChI is InChI=1S/C15H18FN3O/c1-10-15(13-9-20-8-7-17-13)11(2)19(18-10)14-6-4-3-5-12(14)16/h3-6,13,17H,7-9H2,1-2H3.